The van der Waals surface area contributed by atoms with Gasteiger partial charge in [-0.15, -0.1) is 0 Å². The molecule has 2 aromatic heterocycles. The average molecular weight is 201 g/mol. The Kier molecular flexibility index (Phi) is 2.41. The van der Waals surface area contributed by atoms with E-state index in [4.69, 9.17) is 4.42 Å². The molecular formula is C11H7NO3. The minimum Gasteiger partial charge on any atom is -0.461 e. The monoisotopic (exact) mass is 201 g/mol. The summed E-state index contributed by atoms with van der Waals surface area (Å²) in [5.41, 5.74) is 0.124. The first kappa shape index (κ1) is 9.33. The highest BCUT2D eigenvalue weighted by molar-refractivity contribution is 6.48. The molecule has 0 aliphatic rings. The zero-order chi connectivity index (χ0) is 10.7. The maximum atomic E-state index is 11.6. The van der Waals surface area contributed by atoms with Crippen molar-refractivity contribution in [2.24, 2.45) is 0 Å². The summed E-state index contributed by atoms with van der Waals surface area (Å²) in [6.45, 7) is 0. The fraction of sp³-hybridized carbons (Fsp3) is 0. The molecule has 15 heavy (non-hydrogen) atoms. The van der Waals surface area contributed by atoms with Gasteiger partial charge in [-0.05, 0) is 24.3 Å². The summed E-state index contributed by atoms with van der Waals surface area (Å²) in [5, 5.41) is 0. The van der Waals surface area contributed by atoms with Crippen LogP contribution in [0.25, 0.3) is 0 Å². The summed E-state index contributed by atoms with van der Waals surface area (Å²) in [6, 6.07) is 7.81. The van der Waals surface area contributed by atoms with Gasteiger partial charge in [-0.3, -0.25) is 14.6 Å². The maximum Gasteiger partial charge on any atom is 0.270 e. The molecule has 0 saturated heterocycles. The molecule has 0 unspecified atom stereocenters. The molecule has 2 aromatic rings. The Morgan fingerprint density at radius 2 is 1.93 bits per heavy atom. The van der Waals surface area contributed by atoms with E-state index in [0.717, 1.165) is 0 Å². The van der Waals surface area contributed by atoms with E-state index in [0.29, 0.717) is 0 Å². The highest BCUT2D eigenvalue weighted by Crippen LogP contribution is 2.06. The summed E-state index contributed by atoms with van der Waals surface area (Å²) in [7, 11) is 0. The standard InChI is InChI=1S/C11H7NO3/c13-10(8-4-1-2-6-12-8)11(14)9-5-3-7-15-9/h1-7H. The predicted octanol–water partition coefficient (Wildman–Crippen LogP) is 1.74. The Hall–Kier alpha value is -2.23. The molecule has 0 radical (unpaired) electrons. The van der Waals surface area contributed by atoms with Crippen LogP contribution in [0.4, 0.5) is 0 Å². The maximum absolute atomic E-state index is 11.6. The zero-order valence-corrected chi connectivity index (χ0v) is 7.71. The summed E-state index contributed by atoms with van der Waals surface area (Å²) in [4.78, 5) is 26.9. The van der Waals surface area contributed by atoms with E-state index >= 15 is 0 Å². The number of hydrogen-bond donors (Lipinski definition) is 0. The van der Waals surface area contributed by atoms with E-state index in [1.165, 1.54) is 24.6 Å². The molecule has 0 amide bonds. The van der Waals surface area contributed by atoms with Gasteiger partial charge in [0.15, 0.2) is 5.76 Å². The Morgan fingerprint density at radius 1 is 1.07 bits per heavy atom. The quantitative estimate of drug-likeness (QED) is 0.560. The lowest BCUT2D eigenvalue weighted by atomic mass is 10.1. The summed E-state index contributed by atoms with van der Waals surface area (Å²) >= 11 is 0. The van der Waals surface area contributed by atoms with Gasteiger partial charge >= 0.3 is 0 Å². The molecule has 0 aromatic carbocycles. The molecule has 74 valence electrons. The second kappa shape index (κ2) is 3.88. The SMILES string of the molecule is O=C(C(=O)c1ccco1)c1ccccn1. The molecule has 4 heteroatoms. The average Bonchev–Trinajstić information content (AvgIpc) is 2.82. The smallest absolute Gasteiger partial charge is 0.270 e. The number of nitrogens with zero attached hydrogens (tertiary/aromatic N) is 1. The van der Waals surface area contributed by atoms with Crippen molar-refractivity contribution in [3.8, 4) is 0 Å². The Morgan fingerprint density at radius 3 is 2.53 bits per heavy atom. The van der Waals surface area contributed by atoms with Crippen LogP contribution < -0.4 is 0 Å². The molecule has 0 aliphatic heterocycles. The van der Waals surface area contributed by atoms with Gasteiger partial charge in [-0.2, -0.15) is 0 Å². The van der Waals surface area contributed by atoms with Crippen molar-refractivity contribution in [1.82, 2.24) is 4.98 Å². The first-order valence-electron chi connectivity index (χ1n) is 4.32. The number of pyridine rings is 1. The minimum atomic E-state index is -0.682. The van der Waals surface area contributed by atoms with Crippen LogP contribution >= 0.6 is 0 Å². The van der Waals surface area contributed by atoms with Crippen molar-refractivity contribution < 1.29 is 14.0 Å². The summed E-state index contributed by atoms with van der Waals surface area (Å²) < 4.78 is 4.84. The number of hydrogen-bond acceptors (Lipinski definition) is 4. The van der Waals surface area contributed by atoms with Gasteiger partial charge in [0, 0.05) is 6.20 Å². The molecule has 0 saturated carbocycles. The van der Waals surface area contributed by atoms with Crippen LogP contribution in [0.5, 0.6) is 0 Å². The number of rotatable bonds is 3. The molecule has 0 fully saturated rings. The number of Topliss-reactive ketones (excluding diaryl/α,β-unsaturated/α-hetero) is 2. The van der Waals surface area contributed by atoms with Crippen LogP contribution in [0.2, 0.25) is 0 Å². The summed E-state index contributed by atoms with van der Waals surface area (Å²) in [5.74, 6) is -1.31. The van der Waals surface area contributed by atoms with Crippen molar-refractivity contribution in [2.45, 2.75) is 0 Å². The molecule has 0 atom stereocenters. The van der Waals surface area contributed by atoms with Crippen LogP contribution in [0.3, 0.4) is 0 Å². The Bertz CT molecular complexity index is 474. The first-order chi connectivity index (χ1) is 7.29. The molecule has 0 N–H and O–H groups in total. The van der Waals surface area contributed by atoms with Gasteiger partial charge in [0.1, 0.15) is 5.69 Å². The minimum absolute atomic E-state index is 0.0330. The molecule has 2 heterocycles. The van der Waals surface area contributed by atoms with Crippen molar-refractivity contribution >= 4 is 11.6 Å². The van der Waals surface area contributed by atoms with Crippen molar-refractivity contribution in [2.75, 3.05) is 0 Å². The van der Waals surface area contributed by atoms with Crippen LogP contribution in [-0.2, 0) is 0 Å². The lowest BCUT2D eigenvalue weighted by Gasteiger charge is -1.95. The molecule has 2 rings (SSSR count). The molecule has 4 nitrogen and oxygen atoms in total. The number of carbonyl (C=O) groups excluding carboxylic acids is 2. The van der Waals surface area contributed by atoms with Gasteiger partial charge in [0.2, 0.25) is 0 Å². The topological polar surface area (TPSA) is 60.2 Å². The fourth-order valence-corrected chi connectivity index (χ4v) is 1.13. The van der Waals surface area contributed by atoms with Crippen molar-refractivity contribution in [3.63, 3.8) is 0 Å². The van der Waals surface area contributed by atoms with E-state index in [1.807, 2.05) is 0 Å². The van der Waals surface area contributed by atoms with Crippen LogP contribution in [0.1, 0.15) is 21.0 Å². The first-order valence-corrected chi connectivity index (χ1v) is 4.32. The van der Waals surface area contributed by atoms with E-state index in [2.05, 4.69) is 4.98 Å². The number of furan rings is 1. The van der Waals surface area contributed by atoms with Gasteiger partial charge in [-0.25, -0.2) is 0 Å². The number of ketones is 2. The molecule has 0 bridgehead atoms. The van der Waals surface area contributed by atoms with Crippen LogP contribution in [0.15, 0.2) is 47.2 Å². The second-order valence-corrected chi connectivity index (χ2v) is 2.85. The van der Waals surface area contributed by atoms with Crippen LogP contribution in [0, 0.1) is 0 Å². The van der Waals surface area contributed by atoms with Crippen LogP contribution in [-0.4, -0.2) is 16.6 Å². The normalized spacial score (nSPS) is 9.87. The van der Waals surface area contributed by atoms with Gasteiger partial charge in [0.25, 0.3) is 11.6 Å². The van der Waals surface area contributed by atoms with E-state index in [-0.39, 0.29) is 11.5 Å². The molecule has 0 aliphatic carbocycles. The lowest BCUT2D eigenvalue weighted by molar-refractivity contribution is 0.0798. The Labute approximate surface area is 85.6 Å². The highest BCUT2D eigenvalue weighted by atomic mass is 16.3. The molecular weight excluding hydrogens is 194 g/mol. The number of aromatic nitrogens is 1. The highest BCUT2D eigenvalue weighted by Gasteiger charge is 2.21. The van der Waals surface area contributed by atoms with E-state index in [9.17, 15) is 9.59 Å². The number of carbonyl (C=O) groups is 2. The Balaban J connectivity index is 2.27. The predicted molar refractivity (Wildman–Crippen MR) is 51.6 cm³/mol. The van der Waals surface area contributed by atoms with Gasteiger partial charge in [-0.1, -0.05) is 6.07 Å². The lowest BCUT2D eigenvalue weighted by Crippen LogP contribution is -2.14. The third-order valence-electron chi connectivity index (χ3n) is 1.85. The molecule has 0 spiro atoms. The largest absolute Gasteiger partial charge is 0.461 e. The van der Waals surface area contributed by atoms with E-state index in [1.54, 1.807) is 18.2 Å². The zero-order valence-electron chi connectivity index (χ0n) is 7.71. The fourth-order valence-electron chi connectivity index (χ4n) is 1.13. The summed E-state index contributed by atoms with van der Waals surface area (Å²) in [6.07, 6.45) is 2.81. The van der Waals surface area contributed by atoms with Gasteiger partial charge in [0.05, 0.1) is 6.26 Å². The van der Waals surface area contributed by atoms with Crippen molar-refractivity contribution in [3.05, 3.63) is 54.2 Å². The van der Waals surface area contributed by atoms with Crippen molar-refractivity contribution in [1.29, 1.82) is 0 Å². The second-order valence-electron chi connectivity index (χ2n) is 2.85. The third kappa shape index (κ3) is 1.83. The third-order valence-corrected chi connectivity index (χ3v) is 1.85. The van der Waals surface area contributed by atoms with Gasteiger partial charge < -0.3 is 4.42 Å². The van der Waals surface area contributed by atoms with E-state index < -0.39 is 11.6 Å².